The number of aromatic amines is 1. The molecule has 0 fully saturated rings. The van der Waals surface area contributed by atoms with E-state index in [0.29, 0.717) is 5.65 Å². The molecule has 0 unspecified atom stereocenters. The summed E-state index contributed by atoms with van der Waals surface area (Å²) in [6.07, 6.45) is 3.86. The quantitative estimate of drug-likeness (QED) is 0.596. The van der Waals surface area contributed by atoms with Gasteiger partial charge >= 0.3 is 0 Å². The first kappa shape index (κ1) is 15.2. The second kappa shape index (κ2) is 6.30. The van der Waals surface area contributed by atoms with Crippen molar-refractivity contribution in [3.8, 4) is 21.6 Å². The van der Waals surface area contributed by atoms with Crippen molar-refractivity contribution in [2.45, 2.75) is 5.75 Å². The minimum atomic E-state index is -0.0739. The van der Waals surface area contributed by atoms with Gasteiger partial charge in [-0.2, -0.15) is 11.8 Å². The third-order valence-corrected chi connectivity index (χ3v) is 5.36. The topological polar surface area (TPSA) is 50.2 Å². The number of H-pyrrole nitrogens is 1. The number of hydrogen-bond acceptors (Lipinski definition) is 4. The first-order chi connectivity index (χ1) is 11.8. The SMILES string of the molecule is CSCc1cc(=O)n2[nH]cc(-c3cc(-c4ccccc4)cs3)c2n1. The third kappa shape index (κ3) is 2.68. The van der Waals surface area contributed by atoms with Gasteiger partial charge in [-0.15, -0.1) is 11.3 Å². The van der Waals surface area contributed by atoms with Crippen molar-refractivity contribution >= 4 is 28.7 Å². The first-order valence-electron chi connectivity index (χ1n) is 7.49. The van der Waals surface area contributed by atoms with Gasteiger partial charge in [0, 0.05) is 22.9 Å². The van der Waals surface area contributed by atoms with Crippen LogP contribution in [0.1, 0.15) is 5.69 Å². The molecule has 4 rings (SSSR count). The lowest BCUT2D eigenvalue weighted by molar-refractivity contribution is 0.888. The normalized spacial score (nSPS) is 11.2. The molecule has 3 heterocycles. The molecule has 0 aliphatic heterocycles. The minimum absolute atomic E-state index is 0.0739. The number of nitrogens with zero attached hydrogens (tertiary/aromatic N) is 2. The molecule has 0 spiro atoms. The van der Waals surface area contributed by atoms with E-state index in [-0.39, 0.29) is 5.56 Å². The van der Waals surface area contributed by atoms with Gasteiger partial charge in [-0.05, 0) is 28.8 Å². The summed E-state index contributed by atoms with van der Waals surface area (Å²) in [6.45, 7) is 0. The molecule has 0 aliphatic rings. The second-order valence-corrected chi connectivity index (χ2v) is 7.21. The number of aromatic nitrogens is 3. The van der Waals surface area contributed by atoms with Crippen molar-refractivity contribution in [1.82, 2.24) is 14.6 Å². The number of hydrogen-bond donors (Lipinski definition) is 1. The van der Waals surface area contributed by atoms with Gasteiger partial charge in [0.15, 0.2) is 5.65 Å². The molecule has 24 heavy (non-hydrogen) atoms. The lowest BCUT2D eigenvalue weighted by Gasteiger charge is -2.00. The molecule has 0 bridgehead atoms. The fourth-order valence-electron chi connectivity index (χ4n) is 2.69. The third-order valence-electron chi connectivity index (χ3n) is 3.81. The fourth-order valence-corrected chi connectivity index (χ4v) is 4.07. The van der Waals surface area contributed by atoms with E-state index in [1.807, 2.05) is 30.7 Å². The van der Waals surface area contributed by atoms with Crippen LogP contribution < -0.4 is 5.56 Å². The van der Waals surface area contributed by atoms with Gasteiger partial charge < -0.3 is 0 Å². The van der Waals surface area contributed by atoms with E-state index >= 15 is 0 Å². The Balaban J connectivity index is 1.82. The Hall–Kier alpha value is -2.31. The second-order valence-electron chi connectivity index (χ2n) is 5.43. The Kier molecular flexibility index (Phi) is 4.00. The van der Waals surface area contributed by atoms with Crippen LogP contribution in [0.3, 0.4) is 0 Å². The predicted molar refractivity (Wildman–Crippen MR) is 102 cm³/mol. The van der Waals surface area contributed by atoms with Crippen LogP contribution in [0, 0.1) is 0 Å². The lowest BCUT2D eigenvalue weighted by Crippen LogP contribution is -2.15. The van der Waals surface area contributed by atoms with Gasteiger partial charge in [0.2, 0.25) is 0 Å². The van der Waals surface area contributed by atoms with Crippen molar-refractivity contribution in [2.75, 3.05) is 6.26 Å². The lowest BCUT2D eigenvalue weighted by atomic mass is 10.1. The molecular formula is C18H15N3OS2. The number of thioether (sulfide) groups is 1. The highest BCUT2D eigenvalue weighted by Gasteiger charge is 2.13. The van der Waals surface area contributed by atoms with E-state index in [1.54, 1.807) is 29.2 Å². The van der Waals surface area contributed by atoms with E-state index in [9.17, 15) is 4.79 Å². The smallest absolute Gasteiger partial charge is 0.272 e. The van der Waals surface area contributed by atoms with Gasteiger partial charge in [-0.1, -0.05) is 30.3 Å². The maximum Gasteiger partial charge on any atom is 0.272 e. The van der Waals surface area contributed by atoms with E-state index < -0.39 is 0 Å². The number of benzene rings is 1. The monoisotopic (exact) mass is 353 g/mol. The number of nitrogens with one attached hydrogen (secondary N) is 1. The Labute approximate surface area is 147 Å². The fraction of sp³-hybridized carbons (Fsp3) is 0.111. The van der Waals surface area contributed by atoms with Crippen molar-refractivity contribution in [1.29, 1.82) is 0 Å². The highest BCUT2D eigenvalue weighted by molar-refractivity contribution is 7.97. The molecule has 4 nitrogen and oxygen atoms in total. The van der Waals surface area contributed by atoms with Gasteiger partial charge in [0.25, 0.3) is 5.56 Å². The molecule has 4 aromatic rings. The summed E-state index contributed by atoms with van der Waals surface area (Å²) in [5.41, 5.74) is 4.75. The zero-order chi connectivity index (χ0) is 16.5. The number of thiophene rings is 1. The van der Waals surface area contributed by atoms with Crippen LogP contribution in [0.5, 0.6) is 0 Å². The summed E-state index contributed by atoms with van der Waals surface area (Å²) in [7, 11) is 0. The Morgan fingerprint density at radius 2 is 2.04 bits per heavy atom. The van der Waals surface area contributed by atoms with Crippen LogP contribution in [0.25, 0.3) is 27.2 Å². The number of fused-ring (bicyclic) bond motifs is 1. The summed E-state index contributed by atoms with van der Waals surface area (Å²) in [5, 5.41) is 5.15. The van der Waals surface area contributed by atoms with Crippen LogP contribution in [0.4, 0.5) is 0 Å². The van der Waals surface area contributed by atoms with Crippen molar-refractivity contribution in [3.05, 3.63) is 70.1 Å². The zero-order valence-electron chi connectivity index (χ0n) is 13.0. The predicted octanol–water partition coefficient (Wildman–Crippen LogP) is 4.28. The largest absolute Gasteiger partial charge is 0.296 e. The van der Waals surface area contributed by atoms with E-state index in [2.05, 4.69) is 33.7 Å². The Morgan fingerprint density at radius 1 is 1.21 bits per heavy atom. The molecule has 1 aromatic carbocycles. The van der Waals surface area contributed by atoms with Gasteiger partial charge in [-0.3, -0.25) is 9.89 Å². The summed E-state index contributed by atoms with van der Waals surface area (Å²) < 4.78 is 1.50. The Morgan fingerprint density at radius 3 is 2.83 bits per heavy atom. The average Bonchev–Trinajstić information content (AvgIpc) is 3.23. The van der Waals surface area contributed by atoms with Gasteiger partial charge in [-0.25, -0.2) is 9.50 Å². The molecule has 0 aliphatic carbocycles. The maximum atomic E-state index is 12.2. The standard InChI is InChI=1S/C18H15N3OS2/c1-23-11-14-8-17(22)21-18(20-14)15(9-19-21)16-7-13(10-24-16)12-5-3-2-4-6-12/h2-10,19H,11H2,1H3. The highest BCUT2D eigenvalue weighted by atomic mass is 32.2. The van der Waals surface area contributed by atoms with Gasteiger partial charge in [0.05, 0.1) is 11.3 Å². The van der Waals surface area contributed by atoms with Crippen molar-refractivity contribution in [2.24, 2.45) is 0 Å². The summed E-state index contributed by atoms with van der Waals surface area (Å²) >= 11 is 3.32. The zero-order valence-corrected chi connectivity index (χ0v) is 14.7. The van der Waals surface area contributed by atoms with E-state index in [4.69, 9.17) is 0 Å². The molecule has 0 saturated carbocycles. The molecule has 1 N–H and O–H groups in total. The summed E-state index contributed by atoms with van der Waals surface area (Å²) in [6, 6.07) is 14.0. The highest BCUT2D eigenvalue weighted by Crippen LogP contribution is 2.34. The number of rotatable bonds is 4. The molecule has 0 radical (unpaired) electrons. The summed E-state index contributed by atoms with van der Waals surface area (Å²) in [4.78, 5) is 18.0. The summed E-state index contributed by atoms with van der Waals surface area (Å²) in [5.74, 6) is 0.732. The molecule has 6 heteroatoms. The maximum absolute atomic E-state index is 12.2. The average molecular weight is 353 g/mol. The molecular weight excluding hydrogens is 338 g/mol. The minimum Gasteiger partial charge on any atom is -0.296 e. The van der Waals surface area contributed by atoms with Crippen LogP contribution in [0.15, 0.2) is 58.8 Å². The van der Waals surface area contributed by atoms with E-state index in [0.717, 1.165) is 21.9 Å². The molecule has 3 aromatic heterocycles. The molecule has 120 valence electrons. The Bertz CT molecular complexity index is 1050. The molecule has 0 amide bonds. The van der Waals surface area contributed by atoms with Crippen LogP contribution in [-0.2, 0) is 5.75 Å². The first-order valence-corrected chi connectivity index (χ1v) is 9.77. The van der Waals surface area contributed by atoms with Gasteiger partial charge in [0.1, 0.15) is 0 Å². The van der Waals surface area contributed by atoms with Crippen LogP contribution >= 0.6 is 23.1 Å². The van der Waals surface area contributed by atoms with Crippen LogP contribution in [0.2, 0.25) is 0 Å². The van der Waals surface area contributed by atoms with Crippen molar-refractivity contribution in [3.63, 3.8) is 0 Å². The van der Waals surface area contributed by atoms with Crippen molar-refractivity contribution < 1.29 is 0 Å². The van der Waals surface area contributed by atoms with E-state index in [1.165, 1.54) is 15.6 Å². The molecule has 0 atom stereocenters. The molecule has 0 saturated heterocycles. The van der Waals surface area contributed by atoms with Crippen LogP contribution in [-0.4, -0.2) is 20.9 Å².